The Bertz CT molecular complexity index is 829. The molecule has 1 saturated heterocycles. The average Bonchev–Trinajstić information content (AvgIpc) is 2.99. The summed E-state index contributed by atoms with van der Waals surface area (Å²) in [6, 6.07) is 8.20. The molecule has 5 nitrogen and oxygen atoms in total. The lowest BCUT2D eigenvalue weighted by Crippen LogP contribution is -2.57. The molecule has 2 fully saturated rings. The Kier molecular flexibility index (Phi) is 3.44. The highest BCUT2D eigenvalue weighted by molar-refractivity contribution is 5.85. The van der Waals surface area contributed by atoms with Gasteiger partial charge in [0.1, 0.15) is 0 Å². The van der Waals surface area contributed by atoms with Crippen molar-refractivity contribution in [3.8, 4) is 0 Å². The zero-order valence-corrected chi connectivity index (χ0v) is 14.2. The number of H-pyrrole nitrogens is 1. The molecular formula is C20H24N2O3. The van der Waals surface area contributed by atoms with E-state index in [2.05, 4.69) is 28.1 Å². The van der Waals surface area contributed by atoms with Gasteiger partial charge in [-0.15, -0.1) is 0 Å². The summed E-state index contributed by atoms with van der Waals surface area (Å²) in [7, 11) is 0. The molecule has 2 aliphatic heterocycles. The Balaban J connectivity index is 1.59. The molecule has 0 amide bonds. The van der Waals surface area contributed by atoms with Gasteiger partial charge in [-0.2, -0.15) is 0 Å². The van der Waals surface area contributed by atoms with Crippen LogP contribution in [0.4, 0.5) is 0 Å². The molecule has 25 heavy (non-hydrogen) atoms. The van der Waals surface area contributed by atoms with E-state index in [0.717, 1.165) is 43.6 Å². The number of aliphatic hydroxyl groups excluding tert-OH is 1. The molecule has 3 aliphatic rings. The Morgan fingerprint density at radius 2 is 2.08 bits per heavy atom. The van der Waals surface area contributed by atoms with Crippen LogP contribution in [0.3, 0.4) is 0 Å². The van der Waals surface area contributed by atoms with E-state index in [9.17, 15) is 15.0 Å². The molecule has 1 aromatic heterocycles. The van der Waals surface area contributed by atoms with E-state index in [1.807, 2.05) is 6.07 Å². The summed E-state index contributed by atoms with van der Waals surface area (Å²) >= 11 is 0. The molecule has 2 aromatic rings. The van der Waals surface area contributed by atoms with Crippen molar-refractivity contribution in [3.63, 3.8) is 0 Å². The first kappa shape index (κ1) is 15.4. The highest BCUT2D eigenvalue weighted by atomic mass is 16.4. The number of nitrogens with one attached hydrogen (secondary N) is 1. The fourth-order valence-electron chi connectivity index (χ4n) is 5.75. The minimum atomic E-state index is -0.741. The maximum absolute atomic E-state index is 11.8. The number of hydrogen-bond donors (Lipinski definition) is 3. The zero-order valence-electron chi connectivity index (χ0n) is 14.2. The second-order valence-corrected chi connectivity index (χ2v) is 7.96. The number of carboxylic acids is 1. The smallest absolute Gasteiger partial charge is 0.306 e. The average molecular weight is 340 g/mol. The van der Waals surface area contributed by atoms with Crippen LogP contribution in [-0.4, -0.2) is 45.3 Å². The van der Waals surface area contributed by atoms with E-state index in [1.165, 1.54) is 10.9 Å². The minimum Gasteiger partial charge on any atom is -0.481 e. The molecule has 1 saturated carbocycles. The third kappa shape index (κ3) is 2.19. The van der Waals surface area contributed by atoms with Crippen molar-refractivity contribution < 1.29 is 15.0 Å². The third-order valence-electron chi connectivity index (χ3n) is 6.79. The minimum absolute atomic E-state index is 0.0997. The van der Waals surface area contributed by atoms with Crippen LogP contribution in [0.5, 0.6) is 0 Å². The molecule has 0 radical (unpaired) electrons. The van der Waals surface area contributed by atoms with Crippen molar-refractivity contribution >= 4 is 16.9 Å². The molecule has 0 unspecified atom stereocenters. The van der Waals surface area contributed by atoms with Gasteiger partial charge in [0, 0.05) is 35.6 Å². The van der Waals surface area contributed by atoms with Crippen LogP contribution in [0.15, 0.2) is 24.3 Å². The number of fused-ring (bicyclic) bond motifs is 6. The summed E-state index contributed by atoms with van der Waals surface area (Å²) in [5.74, 6) is -0.988. The van der Waals surface area contributed by atoms with Gasteiger partial charge in [-0.25, -0.2) is 0 Å². The van der Waals surface area contributed by atoms with E-state index < -0.39 is 18.0 Å². The summed E-state index contributed by atoms with van der Waals surface area (Å²) in [5.41, 5.74) is 3.52. The number of nitrogens with zero attached hydrogens (tertiary/aromatic N) is 1. The second kappa shape index (κ2) is 5.58. The lowest BCUT2D eigenvalue weighted by Gasteiger charge is -2.52. The SMILES string of the molecule is O=C(O)[C@@H]1CCC[C@@H]2CN3CCc4c([nH]c5ccccc45)[C@@H]3[C@@H](O)[C@H]21. The van der Waals surface area contributed by atoms with Crippen molar-refractivity contribution in [2.75, 3.05) is 13.1 Å². The van der Waals surface area contributed by atoms with Crippen molar-refractivity contribution in [2.24, 2.45) is 17.8 Å². The Labute approximate surface area is 146 Å². The maximum Gasteiger partial charge on any atom is 0.306 e. The molecule has 5 rings (SSSR count). The van der Waals surface area contributed by atoms with Crippen LogP contribution in [0.2, 0.25) is 0 Å². The van der Waals surface area contributed by atoms with Gasteiger partial charge >= 0.3 is 5.97 Å². The van der Waals surface area contributed by atoms with Gasteiger partial charge in [-0.3, -0.25) is 9.69 Å². The lowest BCUT2D eigenvalue weighted by atomic mass is 9.64. The molecule has 3 heterocycles. The number of aliphatic carboxylic acids is 1. The summed E-state index contributed by atoms with van der Waals surface area (Å²) < 4.78 is 0. The van der Waals surface area contributed by atoms with Crippen LogP contribution < -0.4 is 0 Å². The zero-order chi connectivity index (χ0) is 17.1. The summed E-state index contributed by atoms with van der Waals surface area (Å²) in [6.45, 7) is 1.85. The molecule has 0 bridgehead atoms. The number of rotatable bonds is 1. The van der Waals surface area contributed by atoms with Gasteiger partial charge in [-0.1, -0.05) is 24.6 Å². The first-order chi connectivity index (χ1) is 12.1. The predicted molar refractivity (Wildman–Crippen MR) is 94.3 cm³/mol. The number of carboxylic acid groups (broad SMARTS) is 1. The fourth-order valence-corrected chi connectivity index (χ4v) is 5.75. The normalized spacial score (nSPS) is 35.0. The first-order valence-corrected chi connectivity index (χ1v) is 9.39. The molecule has 5 atom stereocenters. The predicted octanol–water partition coefficient (Wildman–Crippen LogP) is 2.56. The number of hydrogen-bond acceptors (Lipinski definition) is 3. The van der Waals surface area contributed by atoms with Crippen molar-refractivity contribution in [2.45, 2.75) is 37.8 Å². The van der Waals surface area contributed by atoms with Crippen molar-refractivity contribution in [1.29, 1.82) is 0 Å². The Morgan fingerprint density at radius 3 is 2.92 bits per heavy atom. The Hall–Kier alpha value is -1.85. The van der Waals surface area contributed by atoms with E-state index in [0.29, 0.717) is 12.3 Å². The number of carbonyl (C=O) groups is 1. The van der Waals surface area contributed by atoms with E-state index in [-0.39, 0.29) is 12.0 Å². The van der Waals surface area contributed by atoms with Gasteiger partial charge in [0.15, 0.2) is 0 Å². The molecule has 3 N–H and O–H groups in total. The summed E-state index contributed by atoms with van der Waals surface area (Å²) in [6.07, 6.45) is 3.06. The van der Waals surface area contributed by atoms with Crippen molar-refractivity contribution in [3.05, 3.63) is 35.5 Å². The third-order valence-corrected chi connectivity index (χ3v) is 6.79. The highest BCUT2D eigenvalue weighted by Crippen LogP contribution is 2.49. The number of aromatic amines is 1. The molecular weight excluding hydrogens is 316 g/mol. The fraction of sp³-hybridized carbons (Fsp3) is 0.550. The monoisotopic (exact) mass is 340 g/mol. The van der Waals surface area contributed by atoms with Gasteiger partial charge in [0.05, 0.1) is 18.1 Å². The van der Waals surface area contributed by atoms with Gasteiger partial charge in [-0.05, 0) is 36.8 Å². The molecule has 0 spiro atoms. The van der Waals surface area contributed by atoms with Crippen LogP contribution in [0.25, 0.3) is 10.9 Å². The Morgan fingerprint density at radius 1 is 1.24 bits per heavy atom. The molecule has 5 heteroatoms. The molecule has 132 valence electrons. The highest BCUT2D eigenvalue weighted by Gasteiger charge is 2.51. The standard InChI is InChI=1S/C20H24N2O3/c23-19-16-11(4-3-6-14(16)20(24)25)10-22-9-8-13-12-5-1-2-7-15(12)21-17(13)18(19)22/h1-2,5,7,11,14,16,18-19,21,23H,3-4,6,8-10H2,(H,24,25)/t11-,14-,16-,18-,19+/m1/s1. The first-order valence-electron chi connectivity index (χ1n) is 9.39. The van der Waals surface area contributed by atoms with Gasteiger partial charge in [0.25, 0.3) is 0 Å². The largest absolute Gasteiger partial charge is 0.481 e. The van der Waals surface area contributed by atoms with E-state index >= 15 is 0 Å². The van der Waals surface area contributed by atoms with E-state index in [4.69, 9.17) is 0 Å². The summed E-state index contributed by atoms with van der Waals surface area (Å²) in [5, 5.41) is 22.2. The number of aromatic nitrogens is 1. The second-order valence-electron chi connectivity index (χ2n) is 7.96. The molecule has 1 aliphatic carbocycles. The van der Waals surface area contributed by atoms with Crippen LogP contribution in [-0.2, 0) is 11.2 Å². The van der Waals surface area contributed by atoms with Gasteiger partial charge < -0.3 is 15.2 Å². The number of aliphatic hydroxyl groups is 1. The van der Waals surface area contributed by atoms with Crippen LogP contribution in [0, 0.1) is 17.8 Å². The van der Waals surface area contributed by atoms with E-state index in [1.54, 1.807) is 0 Å². The van der Waals surface area contributed by atoms with Crippen molar-refractivity contribution in [1.82, 2.24) is 9.88 Å². The van der Waals surface area contributed by atoms with Crippen LogP contribution >= 0.6 is 0 Å². The number of benzene rings is 1. The molecule has 1 aromatic carbocycles. The van der Waals surface area contributed by atoms with Gasteiger partial charge in [0.2, 0.25) is 0 Å². The quantitative estimate of drug-likeness (QED) is 0.746. The maximum atomic E-state index is 11.8. The van der Waals surface area contributed by atoms with Crippen LogP contribution in [0.1, 0.15) is 36.6 Å². The summed E-state index contributed by atoms with van der Waals surface area (Å²) in [4.78, 5) is 17.7. The topological polar surface area (TPSA) is 76.6 Å². The number of para-hydroxylation sites is 1. The number of piperidine rings is 1. The lowest BCUT2D eigenvalue weighted by molar-refractivity contribution is -0.157.